The van der Waals surface area contributed by atoms with E-state index in [-0.39, 0.29) is 103 Å². The van der Waals surface area contributed by atoms with E-state index in [2.05, 4.69) is 15.6 Å². The molecule has 1 spiro atoms. The number of H-pyrrole nitrogens is 1. The number of nitrogens with one attached hydrogen (secondary N) is 3. The second kappa shape index (κ2) is 24.8. The third-order valence-corrected chi connectivity index (χ3v) is 14.3. The number of carbonyl (C=O) groups is 3. The quantitative estimate of drug-likeness (QED) is 0.0233. The van der Waals surface area contributed by atoms with Crippen molar-refractivity contribution in [2.45, 2.75) is 63.4 Å². The van der Waals surface area contributed by atoms with Crippen molar-refractivity contribution in [2.24, 2.45) is 0 Å². The lowest BCUT2D eigenvalue weighted by Gasteiger charge is -2.36. The van der Waals surface area contributed by atoms with Crippen LogP contribution in [0.15, 0.2) is 144 Å². The molecule has 4 aliphatic rings. The molecule has 4 aliphatic heterocycles. The number of halogens is 1. The van der Waals surface area contributed by atoms with Crippen LogP contribution >= 0.6 is 0 Å². The van der Waals surface area contributed by atoms with Crippen LogP contribution < -0.4 is 25.7 Å². The fourth-order valence-corrected chi connectivity index (χ4v) is 10.2. The highest BCUT2D eigenvalue weighted by molar-refractivity contribution is 6.00. The summed E-state index contributed by atoms with van der Waals surface area (Å²) in [6.07, 6.45) is 8.31. The molecule has 4 heterocycles. The number of unbranched alkanes of at least 4 members (excludes halogenated alkanes) is 5. The molecule has 80 heavy (non-hydrogen) atoms. The zero-order valence-electron chi connectivity index (χ0n) is 43.9. The van der Waals surface area contributed by atoms with Gasteiger partial charge in [0.15, 0.2) is 17.2 Å². The zero-order valence-corrected chi connectivity index (χ0v) is 43.9. The molecule has 10 rings (SSSR count). The fraction of sp³-hybridized carbons (Fsp3) is 0.270. The molecule has 0 fully saturated rings. The number of hydrogen-bond acceptors (Lipinski definition) is 12. The molecule has 6 N–H and O–H groups in total. The summed E-state index contributed by atoms with van der Waals surface area (Å²) in [5.41, 5.74) is 5.65. The highest BCUT2D eigenvalue weighted by Crippen LogP contribution is 2.57. The Labute approximate surface area is 461 Å². The zero-order chi connectivity index (χ0) is 55.6. The van der Waals surface area contributed by atoms with Crippen LogP contribution in [0.25, 0.3) is 16.9 Å². The standard InChI is InChI=1S/C63H61FN4O12/c64-52-33-41(32-44-36-55-53(34-40-10-6-5-7-11-40)67-54(39-68(55)61(44)74)42-13-16-45(69)17-14-42)12-23-56(52)78-27-9-4-2-1-3-8-25-65-59(72)24-28-76-30-31-77-29-26-66-60(73)43-15-20-48-51(35-43)63(80-62(48)75)49-21-18-46(70)37-57(49)79-58-38-47(71)19-22-50(58)63/h5-7,10-23,33,35-39,67,69-71H,1-4,8-9,24-32,34H2,(H,65,72)(H,66,73). The highest BCUT2D eigenvalue weighted by Gasteiger charge is 2.54. The number of ether oxygens (including phenoxy) is 5. The Hall–Kier alpha value is -8.93. The van der Waals surface area contributed by atoms with Gasteiger partial charge in [-0.3, -0.25) is 19.0 Å². The van der Waals surface area contributed by atoms with Crippen molar-refractivity contribution in [2.75, 3.05) is 46.1 Å². The van der Waals surface area contributed by atoms with Crippen LogP contribution in [0.1, 0.15) is 105 Å². The van der Waals surface area contributed by atoms with Gasteiger partial charge in [-0.25, -0.2) is 9.18 Å². The van der Waals surface area contributed by atoms with Crippen LogP contribution in [0.5, 0.6) is 34.5 Å². The number of carbonyl (C=O) groups excluding carboxylic acids is 3. The lowest BCUT2D eigenvalue weighted by Crippen LogP contribution is -2.33. The number of phenols is 3. The van der Waals surface area contributed by atoms with Gasteiger partial charge in [0.25, 0.3) is 11.5 Å². The number of hydrogen-bond donors (Lipinski definition) is 6. The molecule has 16 nitrogen and oxygen atoms in total. The number of phenolic OH excluding ortho intramolecular Hbond substituents is 3. The van der Waals surface area contributed by atoms with Crippen molar-refractivity contribution in [3.8, 4) is 51.4 Å². The Morgan fingerprint density at radius 1 is 0.637 bits per heavy atom. The van der Waals surface area contributed by atoms with Crippen LogP contribution in [-0.4, -0.2) is 88.8 Å². The molecule has 6 aromatic rings. The van der Waals surface area contributed by atoms with E-state index in [0.29, 0.717) is 47.4 Å². The molecule has 0 unspecified atom stereocenters. The summed E-state index contributed by atoms with van der Waals surface area (Å²) < 4.78 is 46.0. The van der Waals surface area contributed by atoms with Gasteiger partial charge in [-0.15, -0.1) is 0 Å². The molecular formula is C63H61FN4O12. The highest BCUT2D eigenvalue weighted by atomic mass is 19.1. The minimum Gasteiger partial charge on any atom is -0.508 e. The van der Waals surface area contributed by atoms with E-state index in [1.807, 2.05) is 36.4 Å². The van der Waals surface area contributed by atoms with Crippen molar-refractivity contribution < 1.29 is 57.8 Å². The number of benzene rings is 6. The topological polar surface area (TPSA) is 220 Å². The van der Waals surface area contributed by atoms with Crippen LogP contribution in [0.4, 0.5) is 4.39 Å². The van der Waals surface area contributed by atoms with E-state index in [0.717, 1.165) is 66.7 Å². The lowest BCUT2D eigenvalue weighted by atomic mass is 9.77. The molecule has 0 aromatic heterocycles. The van der Waals surface area contributed by atoms with Crippen molar-refractivity contribution in [1.82, 2.24) is 20.2 Å². The van der Waals surface area contributed by atoms with Crippen LogP contribution in [0, 0.1) is 5.82 Å². The van der Waals surface area contributed by atoms with Gasteiger partial charge in [0, 0.05) is 84.2 Å². The summed E-state index contributed by atoms with van der Waals surface area (Å²) in [5.74, 6) is -0.883. The van der Waals surface area contributed by atoms with E-state index < -0.39 is 23.3 Å². The Kier molecular flexibility index (Phi) is 16.9. The molecule has 0 bridgehead atoms. The van der Waals surface area contributed by atoms with Crippen molar-refractivity contribution >= 4 is 17.8 Å². The number of aromatic amines is 1. The van der Waals surface area contributed by atoms with Gasteiger partial charge < -0.3 is 54.6 Å². The first-order valence-electron chi connectivity index (χ1n) is 26.9. The average Bonchev–Trinajstić information content (AvgIpc) is 4.01. The average molecular weight is 1090 g/mol. The molecule has 0 atom stereocenters. The van der Waals surface area contributed by atoms with Gasteiger partial charge in [-0.1, -0.05) is 62.1 Å². The van der Waals surface area contributed by atoms with E-state index in [1.165, 1.54) is 30.3 Å². The minimum atomic E-state index is -1.49. The molecule has 412 valence electrons. The fourth-order valence-electron chi connectivity index (χ4n) is 10.2. The van der Waals surface area contributed by atoms with Gasteiger partial charge in [0.1, 0.15) is 28.7 Å². The van der Waals surface area contributed by atoms with E-state index in [1.54, 1.807) is 77.5 Å². The van der Waals surface area contributed by atoms with Gasteiger partial charge in [0.05, 0.1) is 50.0 Å². The smallest absolute Gasteiger partial charge is 0.340 e. The summed E-state index contributed by atoms with van der Waals surface area (Å²) in [7, 11) is 0. The van der Waals surface area contributed by atoms with Gasteiger partial charge in [0.2, 0.25) is 5.91 Å². The number of fused-ring (bicyclic) bond motifs is 7. The maximum absolute atomic E-state index is 15.3. The molecular weight excluding hydrogens is 1020 g/mol. The lowest BCUT2D eigenvalue weighted by molar-refractivity contribution is -0.122. The number of aromatic hydroxyl groups is 3. The molecule has 6 aromatic carbocycles. The number of rotatable bonds is 25. The van der Waals surface area contributed by atoms with Crippen LogP contribution in [-0.2, 0) is 37.4 Å². The number of esters is 1. The van der Waals surface area contributed by atoms with Crippen molar-refractivity contribution in [3.63, 3.8) is 0 Å². The van der Waals surface area contributed by atoms with Crippen LogP contribution in [0.3, 0.4) is 0 Å². The van der Waals surface area contributed by atoms with E-state index >= 15 is 4.39 Å². The first-order chi connectivity index (χ1) is 38.9. The maximum atomic E-state index is 15.3. The Balaban J connectivity index is 0.573. The normalized spacial score (nSPS) is 12.8. The SMILES string of the molecule is O=C(CCOCCOCCNC(=O)c1ccc2c(c1)C1(OC2=O)c2ccc(O)cc2Oc2cc(O)ccc21)NCCCCCCCCOc1ccc(Cc2cc3c(Cc4ccccc4)[nH]c(-c4ccc(O)cc4)cn-3c2=O)cc1F. The molecule has 0 radical (unpaired) electrons. The summed E-state index contributed by atoms with van der Waals surface area (Å²) in [4.78, 5) is 56.2. The third kappa shape index (κ3) is 12.3. The van der Waals surface area contributed by atoms with E-state index in [4.69, 9.17) is 23.7 Å². The second-order valence-corrected chi connectivity index (χ2v) is 19.9. The first kappa shape index (κ1) is 54.4. The number of nitrogens with zero attached hydrogens (tertiary/aromatic N) is 1. The van der Waals surface area contributed by atoms with Crippen molar-refractivity contribution in [3.05, 3.63) is 206 Å². The predicted octanol–water partition coefficient (Wildman–Crippen LogP) is 9.96. The summed E-state index contributed by atoms with van der Waals surface area (Å²) in [6.45, 7) is 2.15. The summed E-state index contributed by atoms with van der Waals surface area (Å²) in [6, 6.07) is 37.1. The van der Waals surface area contributed by atoms with Gasteiger partial charge >= 0.3 is 5.97 Å². The van der Waals surface area contributed by atoms with Crippen molar-refractivity contribution in [1.29, 1.82) is 0 Å². The Bertz CT molecular complexity index is 3490. The predicted molar refractivity (Wildman–Crippen MR) is 296 cm³/mol. The Morgan fingerprint density at radius 2 is 1.34 bits per heavy atom. The maximum Gasteiger partial charge on any atom is 0.340 e. The monoisotopic (exact) mass is 1080 g/mol. The van der Waals surface area contributed by atoms with Gasteiger partial charge in [-0.05, 0) is 114 Å². The minimum absolute atomic E-state index is 0.0635. The molecule has 0 saturated heterocycles. The largest absolute Gasteiger partial charge is 0.508 e. The second-order valence-electron chi connectivity index (χ2n) is 19.9. The summed E-state index contributed by atoms with van der Waals surface area (Å²) >= 11 is 0. The molecule has 17 heteroatoms. The molecule has 0 saturated carbocycles. The molecule has 0 aliphatic carbocycles. The number of aromatic nitrogens is 2. The Morgan fingerprint density at radius 3 is 2.08 bits per heavy atom. The van der Waals surface area contributed by atoms with E-state index in [9.17, 15) is 34.5 Å². The molecule has 2 amide bonds. The number of amides is 2. The van der Waals surface area contributed by atoms with Gasteiger partial charge in [-0.2, -0.15) is 0 Å². The third-order valence-electron chi connectivity index (χ3n) is 14.3. The first-order valence-corrected chi connectivity index (χ1v) is 26.9. The summed E-state index contributed by atoms with van der Waals surface area (Å²) in [5, 5.41) is 36.0. The van der Waals surface area contributed by atoms with Crippen LogP contribution in [0.2, 0.25) is 0 Å².